The van der Waals surface area contributed by atoms with Crippen molar-refractivity contribution in [1.82, 2.24) is 19.2 Å². The zero-order chi connectivity index (χ0) is 19.5. The van der Waals surface area contributed by atoms with Crippen molar-refractivity contribution in [2.75, 3.05) is 31.1 Å². The van der Waals surface area contributed by atoms with Crippen LogP contribution in [0.2, 0.25) is 0 Å². The molecule has 0 unspecified atom stereocenters. The Morgan fingerprint density at radius 1 is 0.964 bits per heavy atom. The molecule has 1 aliphatic heterocycles. The highest BCUT2D eigenvalue weighted by Gasteiger charge is 2.19. The number of benzene rings is 2. The lowest BCUT2D eigenvalue weighted by Crippen LogP contribution is -2.47. The summed E-state index contributed by atoms with van der Waals surface area (Å²) >= 11 is 5.58. The van der Waals surface area contributed by atoms with Gasteiger partial charge in [0.05, 0.1) is 11.6 Å². The van der Waals surface area contributed by atoms with Crippen molar-refractivity contribution in [1.29, 1.82) is 0 Å². The molecular weight excluding hydrogens is 376 g/mol. The number of nitrogens with zero attached hydrogens (tertiary/aromatic N) is 6. The zero-order valence-corrected chi connectivity index (χ0v) is 16.0. The second-order valence-electron chi connectivity index (χ2n) is 6.64. The average molecular weight is 396 g/mol. The minimum absolute atomic E-state index is 0.116. The molecule has 0 saturated carbocycles. The molecule has 8 nitrogen and oxygen atoms in total. The Kier molecular flexibility index (Phi) is 5.18. The Morgan fingerprint density at radius 2 is 1.64 bits per heavy atom. The number of non-ortho nitro benzene ring substituents is 1. The average Bonchev–Trinajstić information content (AvgIpc) is 3.09. The lowest BCUT2D eigenvalue weighted by atomic mass is 10.2. The number of nitro benzene ring substituents is 1. The number of piperazine rings is 1. The SMILES string of the molecule is O=[N+]([O-])c1ccc(N2CCN(Cn3ncn(-c4ccccc4)c3=S)CC2)cc1. The fourth-order valence-electron chi connectivity index (χ4n) is 3.32. The van der Waals surface area contributed by atoms with Crippen LogP contribution in [-0.4, -0.2) is 50.3 Å². The first-order valence-corrected chi connectivity index (χ1v) is 9.44. The molecule has 1 aromatic heterocycles. The van der Waals surface area contributed by atoms with Crippen LogP contribution in [0.15, 0.2) is 60.9 Å². The van der Waals surface area contributed by atoms with Gasteiger partial charge in [-0.3, -0.25) is 19.6 Å². The number of para-hydroxylation sites is 1. The molecule has 28 heavy (non-hydrogen) atoms. The van der Waals surface area contributed by atoms with Crippen molar-refractivity contribution >= 4 is 23.6 Å². The quantitative estimate of drug-likeness (QED) is 0.375. The van der Waals surface area contributed by atoms with Crippen molar-refractivity contribution in [3.05, 3.63) is 75.8 Å². The van der Waals surface area contributed by atoms with Crippen molar-refractivity contribution < 1.29 is 4.92 Å². The van der Waals surface area contributed by atoms with Crippen LogP contribution >= 0.6 is 12.2 Å². The van der Waals surface area contributed by atoms with E-state index in [2.05, 4.69) is 14.9 Å². The molecule has 9 heteroatoms. The highest BCUT2D eigenvalue weighted by atomic mass is 32.1. The van der Waals surface area contributed by atoms with Crippen LogP contribution in [0.25, 0.3) is 5.69 Å². The topological polar surface area (TPSA) is 72.4 Å². The number of nitro groups is 1. The third kappa shape index (κ3) is 3.80. The summed E-state index contributed by atoms with van der Waals surface area (Å²) in [6.45, 7) is 4.09. The molecule has 0 N–H and O–H groups in total. The van der Waals surface area contributed by atoms with E-state index in [1.54, 1.807) is 18.5 Å². The van der Waals surface area contributed by atoms with Gasteiger partial charge in [0, 0.05) is 49.7 Å². The Morgan fingerprint density at radius 3 is 2.29 bits per heavy atom. The normalized spacial score (nSPS) is 14.9. The molecule has 0 aliphatic carbocycles. The molecule has 3 aromatic rings. The predicted octanol–water partition coefficient (Wildman–Crippen LogP) is 3.09. The van der Waals surface area contributed by atoms with E-state index in [9.17, 15) is 10.1 Å². The van der Waals surface area contributed by atoms with E-state index >= 15 is 0 Å². The Hall–Kier alpha value is -3.04. The summed E-state index contributed by atoms with van der Waals surface area (Å²) in [4.78, 5) is 15.0. The zero-order valence-electron chi connectivity index (χ0n) is 15.2. The molecule has 0 radical (unpaired) electrons. The van der Waals surface area contributed by atoms with E-state index in [1.165, 1.54) is 0 Å². The fourth-order valence-corrected chi connectivity index (χ4v) is 3.58. The van der Waals surface area contributed by atoms with Crippen molar-refractivity contribution in [2.24, 2.45) is 0 Å². The highest BCUT2D eigenvalue weighted by Crippen LogP contribution is 2.20. The maximum Gasteiger partial charge on any atom is 0.269 e. The molecule has 1 saturated heterocycles. The van der Waals surface area contributed by atoms with Gasteiger partial charge in [0.2, 0.25) is 4.77 Å². The molecule has 2 aromatic carbocycles. The fraction of sp³-hybridized carbons (Fsp3) is 0.263. The first-order valence-electron chi connectivity index (χ1n) is 9.03. The third-order valence-electron chi connectivity index (χ3n) is 4.90. The third-order valence-corrected chi connectivity index (χ3v) is 5.31. The number of hydrogen-bond donors (Lipinski definition) is 0. The van der Waals surface area contributed by atoms with Crippen LogP contribution in [0.5, 0.6) is 0 Å². The second-order valence-corrected chi connectivity index (χ2v) is 7.00. The van der Waals surface area contributed by atoms with Gasteiger partial charge in [0.1, 0.15) is 6.33 Å². The molecule has 144 valence electrons. The van der Waals surface area contributed by atoms with Crippen molar-refractivity contribution in [3.8, 4) is 5.69 Å². The van der Waals surface area contributed by atoms with Gasteiger partial charge in [0.15, 0.2) is 0 Å². The molecule has 0 amide bonds. The number of hydrogen-bond acceptors (Lipinski definition) is 6. The van der Waals surface area contributed by atoms with Gasteiger partial charge in [-0.15, -0.1) is 0 Å². The Balaban J connectivity index is 1.38. The van der Waals surface area contributed by atoms with Gasteiger partial charge in [-0.25, -0.2) is 4.68 Å². The van der Waals surface area contributed by atoms with E-state index in [0.29, 0.717) is 11.4 Å². The van der Waals surface area contributed by atoms with Crippen LogP contribution in [0, 0.1) is 14.9 Å². The van der Waals surface area contributed by atoms with E-state index < -0.39 is 0 Å². The van der Waals surface area contributed by atoms with Gasteiger partial charge in [0.25, 0.3) is 5.69 Å². The molecule has 1 aliphatic rings. The maximum atomic E-state index is 10.8. The first kappa shape index (κ1) is 18.3. The molecule has 0 spiro atoms. The highest BCUT2D eigenvalue weighted by molar-refractivity contribution is 7.71. The van der Waals surface area contributed by atoms with E-state index in [0.717, 1.165) is 37.6 Å². The van der Waals surface area contributed by atoms with Crippen molar-refractivity contribution in [2.45, 2.75) is 6.67 Å². The van der Waals surface area contributed by atoms with Crippen molar-refractivity contribution in [3.63, 3.8) is 0 Å². The Labute approximate surface area is 167 Å². The summed E-state index contributed by atoms with van der Waals surface area (Å²) in [5.74, 6) is 0. The molecule has 1 fully saturated rings. The summed E-state index contributed by atoms with van der Waals surface area (Å²) < 4.78 is 4.41. The number of rotatable bonds is 5. The molecule has 0 atom stereocenters. The molecule has 4 rings (SSSR count). The Bertz CT molecular complexity index is 1010. The second kappa shape index (κ2) is 7.91. The molecule has 2 heterocycles. The molecular formula is C19H20N6O2S. The van der Waals surface area contributed by atoms with E-state index in [-0.39, 0.29) is 10.6 Å². The minimum Gasteiger partial charge on any atom is -0.369 e. The van der Waals surface area contributed by atoms with Gasteiger partial charge < -0.3 is 4.90 Å². The van der Waals surface area contributed by atoms with E-state index in [1.807, 2.05) is 51.7 Å². The minimum atomic E-state index is -0.375. The summed E-state index contributed by atoms with van der Waals surface area (Å²) in [6.07, 6.45) is 1.75. The van der Waals surface area contributed by atoms with Crippen LogP contribution < -0.4 is 4.90 Å². The number of aromatic nitrogens is 3. The summed E-state index contributed by atoms with van der Waals surface area (Å²) in [5, 5.41) is 15.2. The maximum absolute atomic E-state index is 10.8. The van der Waals surface area contributed by atoms with Gasteiger partial charge in [-0.05, 0) is 36.5 Å². The monoisotopic (exact) mass is 396 g/mol. The predicted molar refractivity (Wildman–Crippen MR) is 109 cm³/mol. The summed E-state index contributed by atoms with van der Waals surface area (Å²) in [7, 11) is 0. The standard InChI is InChI=1S/C19H20N6O2S/c26-25(27)18-8-6-16(7-9-18)22-12-10-21(11-13-22)15-24-19(28)23(14-20-24)17-4-2-1-3-5-17/h1-9,14H,10-13,15H2. The van der Waals surface area contributed by atoms with Crippen LogP contribution in [0.1, 0.15) is 0 Å². The van der Waals surface area contributed by atoms with Crippen LogP contribution in [0.4, 0.5) is 11.4 Å². The lowest BCUT2D eigenvalue weighted by molar-refractivity contribution is -0.384. The smallest absolute Gasteiger partial charge is 0.269 e. The summed E-state index contributed by atoms with van der Waals surface area (Å²) in [6, 6.07) is 16.7. The van der Waals surface area contributed by atoms with Gasteiger partial charge in [-0.2, -0.15) is 5.10 Å². The van der Waals surface area contributed by atoms with Gasteiger partial charge >= 0.3 is 0 Å². The summed E-state index contributed by atoms with van der Waals surface area (Å²) in [5.41, 5.74) is 2.13. The van der Waals surface area contributed by atoms with Gasteiger partial charge in [-0.1, -0.05) is 18.2 Å². The first-order chi connectivity index (χ1) is 13.6. The largest absolute Gasteiger partial charge is 0.369 e. The lowest BCUT2D eigenvalue weighted by Gasteiger charge is -2.35. The number of anilines is 1. The molecule has 0 bridgehead atoms. The van der Waals surface area contributed by atoms with Crippen LogP contribution in [0.3, 0.4) is 0 Å². The van der Waals surface area contributed by atoms with E-state index in [4.69, 9.17) is 12.2 Å². The van der Waals surface area contributed by atoms with Crippen LogP contribution in [-0.2, 0) is 6.67 Å².